The van der Waals surface area contributed by atoms with E-state index in [0.717, 1.165) is 30.4 Å². The molecule has 1 N–H and O–H groups in total. The summed E-state index contributed by atoms with van der Waals surface area (Å²) in [5, 5.41) is 10.5. The Morgan fingerprint density at radius 1 is 1.27 bits per heavy atom. The van der Waals surface area contributed by atoms with E-state index in [-0.39, 0.29) is 5.78 Å². The van der Waals surface area contributed by atoms with Gasteiger partial charge in [-0.05, 0) is 64.4 Å². The molecule has 0 bridgehead atoms. The maximum atomic E-state index is 12.0. The molecule has 0 heterocycles. The molecule has 1 aliphatic carbocycles. The molecular weight excluding hydrogens is 272 g/mol. The first-order chi connectivity index (χ1) is 10.2. The molecule has 0 saturated carbocycles. The van der Waals surface area contributed by atoms with E-state index in [0.29, 0.717) is 24.7 Å². The molecule has 0 radical (unpaired) electrons. The molecule has 0 aliphatic heterocycles. The molecule has 0 amide bonds. The van der Waals surface area contributed by atoms with E-state index < -0.39 is 5.60 Å². The molecule has 2 heteroatoms. The second-order valence-electron chi connectivity index (χ2n) is 7.39. The lowest BCUT2D eigenvalue weighted by Gasteiger charge is -2.22. The third-order valence-electron chi connectivity index (χ3n) is 4.43. The molecule has 124 valence electrons. The molecule has 0 aromatic rings. The predicted octanol–water partition coefficient (Wildman–Crippen LogP) is 4.99. The van der Waals surface area contributed by atoms with Gasteiger partial charge in [-0.25, -0.2) is 0 Å². The highest BCUT2D eigenvalue weighted by Gasteiger charge is 2.18. The first-order valence-electron chi connectivity index (χ1n) is 8.47. The zero-order valence-corrected chi connectivity index (χ0v) is 14.9. The Kier molecular flexibility index (Phi) is 7.28. The Labute approximate surface area is 136 Å². The number of ketones is 1. The second-order valence-corrected chi connectivity index (χ2v) is 7.39. The van der Waals surface area contributed by atoms with Gasteiger partial charge in [-0.2, -0.15) is 0 Å². The topological polar surface area (TPSA) is 37.3 Å². The van der Waals surface area contributed by atoms with Gasteiger partial charge in [0, 0.05) is 6.42 Å². The van der Waals surface area contributed by atoms with E-state index in [1.807, 2.05) is 26.8 Å². The van der Waals surface area contributed by atoms with Gasteiger partial charge < -0.3 is 5.11 Å². The van der Waals surface area contributed by atoms with Crippen LogP contribution in [0.15, 0.2) is 35.5 Å². The molecule has 0 spiro atoms. The van der Waals surface area contributed by atoms with Crippen molar-refractivity contribution in [3.8, 4) is 0 Å². The fourth-order valence-corrected chi connectivity index (χ4v) is 2.82. The summed E-state index contributed by atoms with van der Waals surface area (Å²) in [6.07, 6.45) is 12.0. The molecule has 2 unspecified atom stereocenters. The van der Waals surface area contributed by atoms with Crippen molar-refractivity contribution in [1.29, 1.82) is 0 Å². The van der Waals surface area contributed by atoms with Gasteiger partial charge in [0.15, 0.2) is 5.78 Å². The van der Waals surface area contributed by atoms with Crippen LogP contribution in [0.3, 0.4) is 0 Å². The van der Waals surface area contributed by atoms with Gasteiger partial charge >= 0.3 is 0 Å². The van der Waals surface area contributed by atoms with Crippen molar-refractivity contribution in [1.82, 2.24) is 0 Å². The van der Waals surface area contributed by atoms with E-state index in [2.05, 4.69) is 26.0 Å². The van der Waals surface area contributed by atoms with E-state index in [4.69, 9.17) is 0 Å². The molecule has 2 atom stereocenters. The first-order valence-corrected chi connectivity index (χ1v) is 8.47. The first kappa shape index (κ1) is 18.9. The fraction of sp³-hybridized carbons (Fsp3) is 0.650. The Morgan fingerprint density at radius 2 is 1.95 bits per heavy atom. The third-order valence-corrected chi connectivity index (χ3v) is 4.43. The Bertz CT molecular complexity index is 464. The molecule has 22 heavy (non-hydrogen) atoms. The Hall–Kier alpha value is -1.15. The minimum absolute atomic E-state index is 0.187. The van der Waals surface area contributed by atoms with Crippen LogP contribution in [0.4, 0.5) is 0 Å². The number of aliphatic hydroxyl groups is 1. The summed E-state index contributed by atoms with van der Waals surface area (Å²) in [5.41, 5.74) is 1.47. The summed E-state index contributed by atoms with van der Waals surface area (Å²) in [7, 11) is 0. The zero-order chi connectivity index (χ0) is 16.8. The summed E-state index contributed by atoms with van der Waals surface area (Å²) in [4.78, 5) is 12.0. The molecule has 0 fully saturated rings. The number of carbonyl (C=O) groups is 1. The highest BCUT2D eigenvalue weighted by Crippen LogP contribution is 2.24. The van der Waals surface area contributed by atoms with Crippen LogP contribution in [-0.2, 0) is 4.79 Å². The Morgan fingerprint density at radius 3 is 2.59 bits per heavy atom. The molecule has 0 saturated heterocycles. The van der Waals surface area contributed by atoms with Crippen LogP contribution in [0.2, 0.25) is 0 Å². The average molecular weight is 304 g/mol. The van der Waals surface area contributed by atoms with Gasteiger partial charge in [-0.1, -0.05) is 43.2 Å². The number of rotatable bonds is 1. The standard InChI is InChI=1S/C20H32O2/c1-15(2)18-9-8-17(4)14-19(21)13-16(3)7-6-11-20(5,22)12-10-18/h7,10,12,14-15,18,22H,6,8-9,11,13H2,1-5H3. The lowest BCUT2D eigenvalue weighted by Crippen LogP contribution is -2.21. The Balaban J connectivity index is 2.98. The van der Waals surface area contributed by atoms with Gasteiger partial charge in [0.25, 0.3) is 0 Å². The van der Waals surface area contributed by atoms with Crippen LogP contribution in [0.1, 0.15) is 66.7 Å². The van der Waals surface area contributed by atoms with E-state index in [1.165, 1.54) is 0 Å². The highest BCUT2D eigenvalue weighted by atomic mass is 16.3. The third kappa shape index (κ3) is 7.22. The minimum atomic E-state index is -0.775. The monoisotopic (exact) mass is 304 g/mol. The van der Waals surface area contributed by atoms with Gasteiger partial charge in [-0.15, -0.1) is 0 Å². The average Bonchev–Trinajstić information content (AvgIpc) is 2.36. The molecule has 0 aromatic heterocycles. The van der Waals surface area contributed by atoms with Crippen molar-refractivity contribution >= 4 is 5.78 Å². The van der Waals surface area contributed by atoms with Gasteiger partial charge in [-0.3, -0.25) is 4.79 Å². The van der Waals surface area contributed by atoms with Crippen LogP contribution in [0.5, 0.6) is 0 Å². The maximum absolute atomic E-state index is 12.0. The summed E-state index contributed by atoms with van der Waals surface area (Å²) in [6.45, 7) is 10.3. The molecular formula is C20H32O2. The van der Waals surface area contributed by atoms with Crippen LogP contribution in [0, 0.1) is 11.8 Å². The van der Waals surface area contributed by atoms with Crippen molar-refractivity contribution in [2.24, 2.45) is 11.8 Å². The van der Waals surface area contributed by atoms with Crippen molar-refractivity contribution in [3.05, 3.63) is 35.5 Å². The van der Waals surface area contributed by atoms with Crippen LogP contribution in [0.25, 0.3) is 0 Å². The van der Waals surface area contributed by atoms with Crippen molar-refractivity contribution in [3.63, 3.8) is 0 Å². The van der Waals surface area contributed by atoms with Crippen molar-refractivity contribution in [2.75, 3.05) is 0 Å². The SMILES string of the molecule is CC1=CC(=O)CC(C)=CCCC(C)(O)C=CC(C(C)C)CC1. The zero-order valence-electron chi connectivity index (χ0n) is 14.9. The van der Waals surface area contributed by atoms with Crippen LogP contribution >= 0.6 is 0 Å². The van der Waals surface area contributed by atoms with Gasteiger partial charge in [0.05, 0.1) is 5.60 Å². The summed E-state index contributed by atoms with van der Waals surface area (Å²) in [6, 6.07) is 0. The molecule has 2 nitrogen and oxygen atoms in total. The lowest BCUT2D eigenvalue weighted by molar-refractivity contribution is -0.114. The predicted molar refractivity (Wildman–Crippen MR) is 93.7 cm³/mol. The van der Waals surface area contributed by atoms with E-state index >= 15 is 0 Å². The van der Waals surface area contributed by atoms with Crippen LogP contribution < -0.4 is 0 Å². The number of hydrogen-bond donors (Lipinski definition) is 1. The number of allylic oxidation sites excluding steroid dienone is 5. The fourth-order valence-electron chi connectivity index (χ4n) is 2.82. The summed E-state index contributed by atoms with van der Waals surface area (Å²) in [5.74, 6) is 1.16. The molecule has 1 rings (SSSR count). The number of hydrogen-bond acceptors (Lipinski definition) is 2. The largest absolute Gasteiger partial charge is 0.386 e. The van der Waals surface area contributed by atoms with Gasteiger partial charge in [0.1, 0.15) is 0 Å². The molecule has 1 aliphatic rings. The second kappa shape index (κ2) is 8.47. The van der Waals surface area contributed by atoms with Gasteiger partial charge in [0.2, 0.25) is 0 Å². The smallest absolute Gasteiger partial charge is 0.159 e. The highest BCUT2D eigenvalue weighted by molar-refractivity contribution is 5.91. The van der Waals surface area contributed by atoms with E-state index in [1.54, 1.807) is 6.08 Å². The van der Waals surface area contributed by atoms with E-state index in [9.17, 15) is 9.90 Å². The van der Waals surface area contributed by atoms with Crippen LogP contribution in [-0.4, -0.2) is 16.5 Å². The summed E-state index contributed by atoms with van der Waals surface area (Å²) >= 11 is 0. The lowest BCUT2D eigenvalue weighted by atomic mass is 9.87. The number of carbonyl (C=O) groups excluding carboxylic acids is 1. The summed E-state index contributed by atoms with van der Waals surface area (Å²) < 4.78 is 0. The quantitative estimate of drug-likeness (QED) is 0.693. The molecule has 0 aromatic carbocycles. The normalized spacial score (nSPS) is 29.0. The minimum Gasteiger partial charge on any atom is -0.386 e. The van der Waals surface area contributed by atoms with Crippen molar-refractivity contribution in [2.45, 2.75) is 72.3 Å². The maximum Gasteiger partial charge on any atom is 0.159 e. The van der Waals surface area contributed by atoms with Crippen molar-refractivity contribution < 1.29 is 9.90 Å².